The second-order valence-electron chi connectivity index (χ2n) is 6.79. The maximum atomic E-state index is 13.0. The van der Waals surface area contributed by atoms with E-state index in [4.69, 9.17) is 9.47 Å². The summed E-state index contributed by atoms with van der Waals surface area (Å²) in [7, 11) is 2.88. The van der Waals surface area contributed by atoms with Crippen LogP contribution in [0.1, 0.15) is 38.2 Å². The van der Waals surface area contributed by atoms with Crippen LogP contribution in [-0.4, -0.2) is 44.0 Å². The first-order valence-electron chi connectivity index (χ1n) is 9.33. The molecule has 0 radical (unpaired) electrons. The van der Waals surface area contributed by atoms with Gasteiger partial charge >= 0.3 is 6.18 Å². The minimum Gasteiger partial charge on any atom is -0.502 e. The number of nitrogens with zero attached hydrogens (tertiary/aromatic N) is 1. The number of halogens is 3. The number of nitrogens with one attached hydrogen (secondary N) is 2. The number of benzene rings is 1. The lowest BCUT2D eigenvalue weighted by atomic mass is 9.85. The summed E-state index contributed by atoms with van der Waals surface area (Å²) in [6, 6.07) is 3.01. The van der Waals surface area contributed by atoms with E-state index in [2.05, 4.69) is 15.6 Å². The van der Waals surface area contributed by atoms with E-state index < -0.39 is 12.1 Å². The van der Waals surface area contributed by atoms with Crippen LogP contribution in [0.4, 0.5) is 13.2 Å². The van der Waals surface area contributed by atoms with Crippen molar-refractivity contribution in [1.29, 1.82) is 0 Å². The third kappa shape index (κ3) is 5.84. The SMILES string of the molecule is CCNC(=NCc1cc(OC)c(O)c(OC)c1)NC1CCCC(C(F)(F)F)C1. The van der Waals surface area contributed by atoms with Gasteiger partial charge in [-0.05, 0) is 43.9 Å². The second-order valence-corrected chi connectivity index (χ2v) is 6.79. The summed E-state index contributed by atoms with van der Waals surface area (Å²) in [5, 5.41) is 16.2. The van der Waals surface area contributed by atoms with E-state index in [0.29, 0.717) is 25.3 Å². The van der Waals surface area contributed by atoms with Crippen molar-refractivity contribution in [3.05, 3.63) is 17.7 Å². The second kappa shape index (κ2) is 9.75. The molecule has 1 saturated carbocycles. The fourth-order valence-electron chi connectivity index (χ4n) is 3.34. The molecule has 1 aromatic carbocycles. The Hall–Kier alpha value is -2.32. The van der Waals surface area contributed by atoms with E-state index in [1.54, 1.807) is 12.1 Å². The fourth-order valence-corrected chi connectivity index (χ4v) is 3.34. The highest BCUT2D eigenvalue weighted by Crippen LogP contribution is 2.38. The smallest absolute Gasteiger partial charge is 0.391 e. The largest absolute Gasteiger partial charge is 0.502 e. The highest BCUT2D eigenvalue weighted by atomic mass is 19.4. The quantitative estimate of drug-likeness (QED) is 0.500. The van der Waals surface area contributed by atoms with Crippen molar-refractivity contribution in [2.45, 2.75) is 51.4 Å². The lowest BCUT2D eigenvalue weighted by molar-refractivity contribution is -0.183. The number of methoxy groups -OCH3 is 2. The molecule has 0 amide bonds. The predicted octanol–water partition coefficient (Wildman–Crippen LogP) is 3.59. The van der Waals surface area contributed by atoms with Crippen LogP contribution in [0.5, 0.6) is 17.2 Å². The molecular weight excluding hydrogens is 375 g/mol. The Morgan fingerprint density at radius 3 is 2.39 bits per heavy atom. The molecule has 9 heteroatoms. The van der Waals surface area contributed by atoms with Crippen molar-refractivity contribution in [3.63, 3.8) is 0 Å². The average Bonchev–Trinajstić information content (AvgIpc) is 2.66. The van der Waals surface area contributed by atoms with Gasteiger partial charge in [0, 0.05) is 12.6 Å². The number of ether oxygens (including phenoxy) is 2. The number of alkyl halides is 3. The molecule has 0 aromatic heterocycles. The van der Waals surface area contributed by atoms with Gasteiger partial charge in [0.05, 0.1) is 26.7 Å². The van der Waals surface area contributed by atoms with Crippen LogP contribution in [0.3, 0.4) is 0 Å². The minimum absolute atomic E-state index is 0.0504. The van der Waals surface area contributed by atoms with Crippen molar-refractivity contribution < 1.29 is 27.8 Å². The zero-order valence-corrected chi connectivity index (χ0v) is 16.4. The zero-order chi connectivity index (χ0) is 20.7. The zero-order valence-electron chi connectivity index (χ0n) is 16.4. The lowest BCUT2D eigenvalue weighted by Gasteiger charge is -2.31. The minimum atomic E-state index is -4.16. The van der Waals surface area contributed by atoms with Crippen LogP contribution in [-0.2, 0) is 6.54 Å². The van der Waals surface area contributed by atoms with Crippen LogP contribution in [0.25, 0.3) is 0 Å². The summed E-state index contributed by atoms with van der Waals surface area (Å²) >= 11 is 0. The lowest BCUT2D eigenvalue weighted by Crippen LogP contribution is -2.46. The summed E-state index contributed by atoms with van der Waals surface area (Å²) in [4.78, 5) is 4.47. The summed E-state index contributed by atoms with van der Waals surface area (Å²) in [6.45, 7) is 2.73. The number of phenols is 1. The molecule has 6 nitrogen and oxygen atoms in total. The Morgan fingerprint density at radius 2 is 1.86 bits per heavy atom. The van der Waals surface area contributed by atoms with Crippen LogP contribution >= 0.6 is 0 Å². The first kappa shape index (κ1) is 22.0. The first-order valence-corrected chi connectivity index (χ1v) is 9.33. The van der Waals surface area contributed by atoms with E-state index in [1.807, 2.05) is 6.92 Å². The maximum absolute atomic E-state index is 13.0. The van der Waals surface area contributed by atoms with Crippen molar-refractivity contribution in [2.75, 3.05) is 20.8 Å². The Morgan fingerprint density at radius 1 is 1.21 bits per heavy atom. The van der Waals surface area contributed by atoms with Crippen molar-refractivity contribution in [1.82, 2.24) is 10.6 Å². The molecule has 0 heterocycles. The monoisotopic (exact) mass is 403 g/mol. The molecule has 0 spiro atoms. The molecule has 1 fully saturated rings. The van der Waals surface area contributed by atoms with Crippen LogP contribution < -0.4 is 20.1 Å². The molecule has 2 rings (SSSR count). The van der Waals surface area contributed by atoms with Gasteiger partial charge in [0.2, 0.25) is 5.75 Å². The Labute approximate surface area is 163 Å². The topological polar surface area (TPSA) is 75.1 Å². The highest BCUT2D eigenvalue weighted by Gasteiger charge is 2.42. The van der Waals surface area contributed by atoms with Gasteiger partial charge in [-0.2, -0.15) is 13.2 Å². The van der Waals surface area contributed by atoms with E-state index >= 15 is 0 Å². The standard InChI is InChI=1S/C19H28F3N3O3/c1-4-23-18(25-14-7-5-6-13(10-14)19(20,21)22)24-11-12-8-15(27-2)17(26)16(9-12)28-3/h8-9,13-14,26H,4-7,10-11H2,1-3H3,(H2,23,24,25). The summed E-state index contributed by atoms with van der Waals surface area (Å²) < 4.78 is 49.3. The highest BCUT2D eigenvalue weighted by molar-refractivity contribution is 5.80. The molecule has 3 N–H and O–H groups in total. The predicted molar refractivity (Wildman–Crippen MR) is 101 cm³/mol. The van der Waals surface area contributed by atoms with Gasteiger partial charge in [0.15, 0.2) is 17.5 Å². The van der Waals surface area contributed by atoms with E-state index in [9.17, 15) is 18.3 Å². The number of phenolic OH excluding ortho intramolecular Hbond substituents is 1. The van der Waals surface area contributed by atoms with Gasteiger partial charge < -0.3 is 25.2 Å². The Balaban J connectivity index is 2.10. The van der Waals surface area contributed by atoms with Crippen LogP contribution in [0.2, 0.25) is 0 Å². The Kier molecular flexibility index (Phi) is 7.65. The number of aromatic hydroxyl groups is 1. The van der Waals surface area contributed by atoms with Crippen LogP contribution in [0.15, 0.2) is 17.1 Å². The molecule has 1 aliphatic carbocycles. The van der Waals surface area contributed by atoms with E-state index in [0.717, 1.165) is 5.56 Å². The molecule has 0 saturated heterocycles. The number of hydrogen-bond donors (Lipinski definition) is 3. The van der Waals surface area contributed by atoms with Gasteiger partial charge in [-0.15, -0.1) is 0 Å². The molecule has 1 aliphatic rings. The van der Waals surface area contributed by atoms with Crippen molar-refractivity contribution in [2.24, 2.45) is 10.9 Å². The third-order valence-corrected chi connectivity index (χ3v) is 4.78. The number of rotatable bonds is 6. The average molecular weight is 403 g/mol. The van der Waals surface area contributed by atoms with E-state index in [1.165, 1.54) is 14.2 Å². The number of hydrogen-bond acceptors (Lipinski definition) is 4. The van der Waals surface area contributed by atoms with Crippen molar-refractivity contribution in [3.8, 4) is 17.2 Å². The van der Waals surface area contributed by atoms with Gasteiger partial charge in [-0.3, -0.25) is 0 Å². The van der Waals surface area contributed by atoms with E-state index in [-0.39, 0.29) is 42.7 Å². The van der Waals surface area contributed by atoms with Gasteiger partial charge in [0.25, 0.3) is 0 Å². The molecular formula is C19H28F3N3O3. The normalized spacial score (nSPS) is 20.6. The molecule has 0 bridgehead atoms. The molecule has 158 valence electrons. The molecule has 1 aromatic rings. The summed E-state index contributed by atoms with van der Waals surface area (Å²) in [5.41, 5.74) is 0.737. The Bertz CT molecular complexity index is 655. The summed E-state index contributed by atoms with van der Waals surface area (Å²) in [5.74, 6) is -0.373. The summed E-state index contributed by atoms with van der Waals surface area (Å²) in [6.07, 6.45) is -2.71. The van der Waals surface area contributed by atoms with Crippen molar-refractivity contribution >= 4 is 5.96 Å². The van der Waals surface area contributed by atoms with Gasteiger partial charge in [-0.1, -0.05) is 6.42 Å². The van der Waals surface area contributed by atoms with Gasteiger partial charge in [0.1, 0.15) is 0 Å². The number of guanidine groups is 1. The first-order chi connectivity index (χ1) is 13.3. The van der Waals surface area contributed by atoms with Gasteiger partial charge in [-0.25, -0.2) is 4.99 Å². The maximum Gasteiger partial charge on any atom is 0.391 e. The van der Waals surface area contributed by atoms with Crippen LogP contribution in [0, 0.1) is 5.92 Å². The molecule has 0 aliphatic heterocycles. The molecule has 2 atom stereocenters. The fraction of sp³-hybridized carbons (Fsp3) is 0.632. The molecule has 28 heavy (non-hydrogen) atoms. The molecule has 2 unspecified atom stereocenters. The number of aliphatic imine (C=N–C) groups is 1. The third-order valence-electron chi connectivity index (χ3n) is 4.78.